The average molecular weight is 163 g/mol. The zero-order valence-electron chi connectivity index (χ0n) is 7.12. The summed E-state index contributed by atoms with van der Waals surface area (Å²) in [4.78, 5) is 4.02. The summed E-state index contributed by atoms with van der Waals surface area (Å²) in [5, 5.41) is 3.37. The van der Waals surface area contributed by atoms with Crippen molar-refractivity contribution in [3.63, 3.8) is 0 Å². The summed E-state index contributed by atoms with van der Waals surface area (Å²) in [5.41, 5.74) is 8.02. The van der Waals surface area contributed by atoms with E-state index in [1.807, 2.05) is 19.2 Å². The highest BCUT2D eigenvalue weighted by Crippen LogP contribution is 2.24. The fourth-order valence-electron chi connectivity index (χ4n) is 1.22. The maximum absolute atomic E-state index is 5.69. The fraction of sp³-hybridized carbons (Fsp3) is 0.444. The maximum atomic E-state index is 5.69. The van der Waals surface area contributed by atoms with Crippen LogP contribution in [0.4, 0.5) is 5.69 Å². The average Bonchev–Trinajstić information content (AvgIpc) is 2.72. The third kappa shape index (κ3) is 1.41. The molecular weight excluding hydrogens is 150 g/mol. The van der Waals surface area contributed by atoms with Crippen molar-refractivity contribution in [3.8, 4) is 0 Å². The van der Waals surface area contributed by atoms with Crippen molar-refractivity contribution >= 4 is 5.69 Å². The third-order valence-corrected chi connectivity index (χ3v) is 2.20. The van der Waals surface area contributed by atoms with Crippen LogP contribution in [0, 0.1) is 6.92 Å². The number of anilines is 1. The van der Waals surface area contributed by atoms with Crippen molar-refractivity contribution < 1.29 is 0 Å². The lowest BCUT2D eigenvalue weighted by atomic mass is 10.2. The summed E-state index contributed by atoms with van der Waals surface area (Å²) in [5.74, 6) is 0. The first-order valence-corrected chi connectivity index (χ1v) is 4.20. The molecule has 1 aliphatic carbocycles. The number of aromatic nitrogens is 1. The second kappa shape index (κ2) is 2.75. The van der Waals surface area contributed by atoms with Gasteiger partial charge in [0.15, 0.2) is 0 Å². The van der Waals surface area contributed by atoms with Gasteiger partial charge < -0.3 is 11.1 Å². The molecule has 0 aromatic carbocycles. The van der Waals surface area contributed by atoms with Crippen LogP contribution in [0.15, 0.2) is 18.5 Å². The molecule has 1 heterocycles. The van der Waals surface area contributed by atoms with Gasteiger partial charge in [0.05, 0.1) is 0 Å². The van der Waals surface area contributed by atoms with Gasteiger partial charge in [0.2, 0.25) is 0 Å². The predicted molar refractivity (Wildman–Crippen MR) is 49.0 cm³/mol. The van der Waals surface area contributed by atoms with Gasteiger partial charge in [-0.05, 0) is 25.0 Å². The molecule has 64 valence electrons. The molecule has 2 atom stereocenters. The van der Waals surface area contributed by atoms with E-state index in [0.717, 1.165) is 12.1 Å². The van der Waals surface area contributed by atoms with E-state index in [2.05, 4.69) is 10.3 Å². The van der Waals surface area contributed by atoms with Crippen LogP contribution in [0.5, 0.6) is 0 Å². The standard InChI is InChI=1S/C9H13N3/c1-6-5-11-3-2-8(6)12-9-4-7(9)10/h2-3,5,7,9H,4,10H2,1H3,(H,11,12). The van der Waals surface area contributed by atoms with Gasteiger partial charge in [0.25, 0.3) is 0 Å². The number of rotatable bonds is 2. The van der Waals surface area contributed by atoms with Crippen molar-refractivity contribution in [2.45, 2.75) is 25.4 Å². The highest BCUT2D eigenvalue weighted by molar-refractivity contribution is 5.50. The summed E-state index contributed by atoms with van der Waals surface area (Å²) in [7, 11) is 0. The topological polar surface area (TPSA) is 50.9 Å². The van der Waals surface area contributed by atoms with Crippen molar-refractivity contribution in [2.24, 2.45) is 5.73 Å². The van der Waals surface area contributed by atoms with Gasteiger partial charge in [-0.3, -0.25) is 4.98 Å². The predicted octanol–water partition coefficient (Wildman–Crippen LogP) is 0.902. The molecule has 1 fully saturated rings. The minimum absolute atomic E-state index is 0.345. The van der Waals surface area contributed by atoms with E-state index in [-0.39, 0.29) is 0 Å². The minimum Gasteiger partial charge on any atom is -0.380 e. The van der Waals surface area contributed by atoms with E-state index in [1.165, 1.54) is 5.56 Å². The zero-order chi connectivity index (χ0) is 8.55. The lowest BCUT2D eigenvalue weighted by molar-refractivity contribution is 1.00. The zero-order valence-corrected chi connectivity index (χ0v) is 7.12. The molecule has 0 aliphatic heterocycles. The number of pyridine rings is 1. The van der Waals surface area contributed by atoms with Gasteiger partial charge in [-0.1, -0.05) is 0 Å². The lowest BCUT2D eigenvalue weighted by Gasteiger charge is -2.06. The molecule has 1 aromatic heterocycles. The number of nitrogens with zero attached hydrogens (tertiary/aromatic N) is 1. The molecule has 0 spiro atoms. The minimum atomic E-state index is 0.345. The molecule has 3 nitrogen and oxygen atoms in total. The van der Waals surface area contributed by atoms with E-state index in [0.29, 0.717) is 12.1 Å². The smallest absolute Gasteiger partial charge is 0.0428 e. The number of aryl methyl sites for hydroxylation is 1. The van der Waals surface area contributed by atoms with Crippen LogP contribution >= 0.6 is 0 Å². The van der Waals surface area contributed by atoms with E-state index < -0.39 is 0 Å². The highest BCUT2D eigenvalue weighted by atomic mass is 15.0. The molecule has 3 N–H and O–H groups in total. The first-order valence-electron chi connectivity index (χ1n) is 4.20. The number of hydrogen-bond donors (Lipinski definition) is 2. The van der Waals surface area contributed by atoms with E-state index >= 15 is 0 Å². The second-order valence-corrected chi connectivity index (χ2v) is 3.34. The molecule has 0 radical (unpaired) electrons. The Bertz CT molecular complexity index is 285. The van der Waals surface area contributed by atoms with Gasteiger partial charge in [0, 0.05) is 30.2 Å². The largest absolute Gasteiger partial charge is 0.380 e. The molecule has 2 unspecified atom stereocenters. The van der Waals surface area contributed by atoms with Crippen molar-refractivity contribution in [2.75, 3.05) is 5.32 Å². The summed E-state index contributed by atoms with van der Waals surface area (Å²) in [6.45, 7) is 2.04. The second-order valence-electron chi connectivity index (χ2n) is 3.34. The lowest BCUT2D eigenvalue weighted by Crippen LogP contribution is -2.13. The molecule has 1 aromatic rings. The normalized spacial score (nSPS) is 26.8. The van der Waals surface area contributed by atoms with Crippen LogP contribution in [0.3, 0.4) is 0 Å². The molecule has 0 saturated heterocycles. The SMILES string of the molecule is Cc1cnccc1NC1CC1N. The Morgan fingerprint density at radius 1 is 1.67 bits per heavy atom. The van der Waals surface area contributed by atoms with Crippen LogP contribution in [-0.4, -0.2) is 17.1 Å². The van der Waals surface area contributed by atoms with Gasteiger partial charge >= 0.3 is 0 Å². The Hall–Kier alpha value is -1.09. The molecule has 1 aliphatic rings. The quantitative estimate of drug-likeness (QED) is 0.681. The summed E-state index contributed by atoms with van der Waals surface area (Å²) in [6.07, 6.45) is 4.74. The van der Waals surface area contributed by atoms with E-state index in [9.17, 15) is 0 Å². The van der Waals surface area contributed by atoms with Crippen molar-refractivity contribution in [1.29, 1.82) is 0 Å². The molecule has 12 heavy (non-hydrogen) atoms. The van der Waals surface area contributed by atoms with E-state index in [1.54, 1.807) is 6.20 Å². The van der Waals surface area contributed by atoms with Gasteiger partial charge in [-0.15, -0.1) is 0 Å². The van der Waals surface area contributed by atoms with Crippen LogP contribution < -0.4 is 11.1 Å². The van der Waals surface area contributed by atoms with Crippen molar-refractivity contribution in [3.05, 3.63) is 24.0 Å². The van der Waals surface area contributed by atoms with Gasteiger partial charge in [-0.25, -0.2) is 0 Å². The molecule has 0 bridgehead atoms. The highest BCUT2D eigenvalue weighted by Gasteiger charge is 2.33. The summed E-state index contributed by atoms with van der Waals surface area (Å²) in [6, 6.07) is 2.81. The number of hydrogen-bond acceptors (Lipinski definition) is 3. The van der Waals surface area contributed by atoms with Gasteiger partial charge in [-0.2, -0.15) is 0 Å². The molecule has 3 heteroatoms. The van der Waals surface area contributed by atoms with Crippen LogP contribution in [-0.2, 0) is 0 Å². The summed E-state index contributed by atoms with van der Waals surface area (Å²) >= 11 is 0. The van der Waals surface area contributed by atoms with Crippen LogP contribution in [0.1, 0.15) is 12.0 Å². The fourth-order valence-corrected chi connectivity index (χ4v) is 1.22. The summed E-state index contributed by atoms with van der Waals surface area (Å²) < 4.78 is 0. The maximum Gasteiger partial charge on any atom is 0.0428 e. The van der Waals surface area contributed by atoms with Crippen molar-refractivity contribution in [1.82, 2.24) is 4.98 Å². The Morgan fingerprint density at radius 2 is 2.42 bits per heavy atom. The number of nitrogens with one attached hydrogen (secondary N) is 1. The molecular formula is C9H13N3. The monoisotopic (exact) mass is 163 g/mol. The molecule has 1 saturated carbocycles. The van der Waals surface area contributed by atoms with Gasteiger partial charge in [0.1, 0.15) is 0 Å². The van der Waals surface area contributed by atoms with Crippen LogP contribution in [0.2, 0.25) is 0 Å². The Morgan fingerprint density at radius 3 is 3.00 bits per heavy atom. The number of nitrogens with two attached hydrogens (primary N) is 1. The Kier molecular flexibility index (Phi) is 1.73. The van der Waals surface area contributed by atoms with E-state index in [4.69, 9.17) is 5.73 Å². The Labute approximate surface area is 72.0 Å². The Balaban J connectivity index is 2.08. The first kappa shape index (κ1) is 7.55. The molecule has 0 amide bonds. The first-order chi connectivity index (χ1) is 5.77. The third-order valence-electron chi connectivity index (χ3n) is 2.20. The molecule has 2 rings (SSSR count). The van der Waals surface area contributed by atoms with Crippen LogP contribution in [0.25, 0.3) is 0 Å².